The minimum atomic E-state index is -0.472. The van der Waals surface area contributed by atoms with Crippen LogP contribution in [0, 0.1) is 6.20 Å². The van der Waals surface area contributed by atoms with Crippen LogP contribution in [0.1, 0.15) is 10.4 Å². The molecule has 1 saturated heterocycles. The lowest BCUT2D eigenvalue weighted by atomic mass is 10.2. The third-order valence-electron chi connectivity index (χ3n) is 2.10. The summed E-state index contributed by atoms with van der Waals surface area (Å²) < 4.78 is 0. The summed E-state index contributed by atoms with van der Waals surface area (Å²) in [5.74, 6) is -1.33. The number of aromatic nitrogens is 1. The van der Waals surface area contributed by atoms with Crippen molar-refractivity contribution in [1.82, 2.24) is 15.2 Å². The lowest BCUT2D eigenvalue weighted by molar-refractivity contribution is -0.135. The van der Waals surface area contributed by atoms with Crippen LogP contribution in [0.5, 0.6) is 0 Å². The molecular weight excluding hydrogens is 210 g/mol. The van der Waals surface area contributed by atoms with Gasteiger partial charge in [0.05, 0.1) is 11.8 Å². The van der Waals surface area contributed by atoms with Crippen LogP contribution in [0.25, 0.3) is 0 Å². The SMILES string of the molecule is O=C1CN(C(=O)c2cc[c]nc2)CC(=O)N1. The minimum absolute atomic E-state index is 0.108. The number of carbonyl (C=O) groups is 3. The Balaban J connectivity index is 2.16. The molecule has 1 aliphatic heterocycles. The van der Waals surface area contributed by atoms with Crippen molar-refractivity contribution in [1.29, 1.82) is 0 Å². The fraction of sp³-hybridized carbons (Fsp3) is 0.200. The molecule has 16 heavy (non-hydrogen) atoms. The Bertz CT molecular complexity index is 428. The largest absolute Gasteiger partial charge is 0.320 e. The fourth-order valence-corrected chi connectivity index (χ4v) is 1.41. The predicted octanol–water partition coefficient (Wildman–Crippen LogP) is -1.02. The van der Waals surface area contributed by atoms with Crippen LogP contribution >= 0.6 is 0 Å². The molecule has 6 heteroatoms. The third-order valence-corrected chi connectivity index (χ3v) is 2.10. The highest BCUT2D eigenvalue weighted by atomic mass is 16.2. The lowest BCUT2D eigenvalue weighted by Gasteiger charge is -2.25. The number of piperazine rings is 1. The van der Waals surface area contributed by atoms with Gasteiger partial charge in [-0.05, 0) is 12.1 Å². The number of nitrogens with zero attached hydrogens (tertiary/aromatic N) is 2. The van der Waals surface area contributed by atoms with Gasteiger partial charge in [0.25, 0.3) is 5.91 Å². The Morgan fingerprint density at radius 2 is 2.06 bits per heavy atom. The van der Waals surface area contributed by atoms with E-state index in [9.17, 15) is 14.4 Å². The van der Waals surface area contributed by atoms with Crippen molar-refractivity contribution in [2.24, 2.45) is 0 Å². The zero-order valence-corrected chi connectivity index (χ0v) is 8.27. The van der Waals surface area contributed by atoms with E-state index in [4.69, 9.17) is 0 Å². The lowest BCUT2D eigenvalue weighted by Crippen LogP contribution is -2.53. The number of hydrogen-bond donors (Lipinski definition) is 1. The van der Waals surface area contributed by atoms with Crippen LogP contribution in [0.15, 0.2) is 18.3 Å². The highest BCUT2D eigenvalue weighted by molar-refractivity contribution is 6.05. The number of nitrogens with one attached hydrogen (secondary N) is 1. The normalized spacial score (nSPS) is 15.9. The summed E-state index contributed by atoms with van der Waals surface area (Å²) in [6.45, 7) is -0.216. The second-order valence-corrected chi connectivity index (χ2v) is 3.31. The molecule has 0 unspecified atom stereocenters. The molecule has 1 aromatic rings. The Labute approximate surface area is 91.3 Å². The molecule has 1 aliphatic rings. The molecule has 2 rings (SSSR count). The summed E-state index contributed by atoms with van der Waals surface area (Å²) in [4.78, 5) is 38.8. The number of pyridine rings is 1. The molecule has 3 amide bonds. The van der Waals surface area contributed by atoms with Crippen molar-refractivity contribution in [3.05, 3.63) is 30.1 Å². The molecule has 2 heterocycles. The molecule has 0 spiro atoms. The van der Waals surface area contributed by atoms with E-state index in [1.807, 2.05) is 0 Å². The standard InChI is InChI=1S/C10H8N3O3/c14-8-5-13(6-9(15)12-8)10(16)7-2-1-3-11-4-7/h1-2,4H,5-6H2,(H,12,14,15). The van der Waals surface area contributed by atoms with Gasteiger partial charge in [-0.2, -0.15) is 0 Å². The van der Waals surface area contributed by atoms with Gasteiger partial charge in [-0.1, -0.05) is 0 Å². The van der Waals surface area contributed by atoms with Crippen molar-refractivity contribution in [3.63, 3.8) is 0 Å². The second kappa shape index (κ2) is 4.09. The highest BCUT2D eigenvalue weighted by Crippen LogP contribution is 2.04. The van der Waals surface area contributed by atoms with Gasteiger partial charge in [-0.25, -0.2) is 0 Å². The number of rotatable bonds is 1. The van der Waals surface area contributed by atoms with Crippen LogP contribution in [-0.2, 0) is 9.59 Å². The van der Waals surface area contributed by atoms with Gasteiger partial charge in [-0.3, -0.25) is 24.7 Å². The van der Waals surface area contributed by atoms with E-state index in [0.29, 0.717) is 5.56 Å². The van der Waals surface area contributed by atoms with Crippen molar-refractivity contribution in [3.8, 4) is 0 Å². The van der Waals surface area contributed by atoms with E-state index in [1.54, 1.807) is 0 Å². The maximum Gasteiger partial charge on any atom is 0.256 e. The zero-order valence-electron chi connectivity index (χ0n) is 8.27. The van der Waals surface area contributed by atoms with Crippen LogP contribution < -0.4 is 5.32 Å². The van der Waals surface area contributed by atoms with Gasteiger partial charge in [0.15, 0.2) is 0 Å². The molecule has 0 saturated carbocycles. The van der Waals surface area contributed by atoms with Crippen molar-refractivity contribution in [2.75, 3.05) is 13.1 Å². The van der Waals surface area contributed by atoms with E-state index in [2.05, 4.69) is 16.5 Å². The first kappa shape index (κ1) is 10.3. The summed E-state index contributed by atoms with van der Waals surface area (Å²) in [6, 6.07) is 3.03. The average Bonchev–Trinajstić information content (AvgIpc) is 2.28. The van der Waals surface area contributed by atoms with Gasteiger partial charge in [0, 0.05) is 6.20 Å². The first-order chi connectivity index (χ1) is 7.66. The number of hydrogen-bond acceptors (Lipinski definition) is 4. The molecular formula is C10H8N3O3. The summed E-state index contributed by atoms with van der Waals surface area (Å²) in [5.41, 5.74) is 0.334. The zero-order chi connectivity index (χ0) is 11.5. The predicted molar refractivity (Wildman–Crippen MR) is 52.1 cm³/mol. The molecule has 0 bridgehead atoms. The molecule has 0 aliphatic carbocycles. The van der Waals surface area contributed by atoms with E-state index >= 15 is 0 Å². The van der Waals surface area contributed by atoms with Crippen molar-refractivity contribution < 1.29 is 14.4 Å². The monoisotopic (exact) mass is 218 g/mol. The molecule has 1 fully saturated rings. The quantitative estimate of drug-likeness (QED) is 0.612. The summed E-state index contributed by atoms with van der Waals surface area (Å²) in [7, 11) is 0. The Morgan fingerprint density at radius 1 is 1.38 bits per heavy atom. The summed E-state index contributed by atoms with van der Waals surface area (Å²) >= 11 is 0. The molecule has 1 N–H and O–H groups in total. The molecule has 81 valence electrons. The third kappa shape index (κ3) is 2.05. The van der Waals surface area contributed by atoms with Gasteiger partial charge in [0.1, 0.15) is 13.1 Å². The van der Waals surface area contributed by atoms with Gasteiger partial charge >= 0.3 is 0 Å². The van der Waals surface area contributed by atoms with E-state index in [-0.39, 0.29) is 19.0 Å². The summed E-state index contributed by atoms with van der Waals surface area (Å²) in [6.07, 6.45) is 3.89. The van der Waals surface area contributed by atoms with Gasteiger partial charge < -0.3 is 4.90 Å². The molecule has 0 atom stereocenters. The van der Waals surface area contributed by atoms with Crippen LogP contribution in [0.2, 0.25) is 0 Å². The second-order valence-electron chi connectivity index (χ2n) is 3.31. The van der Waals surface area contributed by atoms with Gasteiger partial charge in [-0.15, -0.1) is 0 Å². The Kier molecular flexibility index (Phi) is 2.63. The first-order valence-corrected chi connectivity index (χ1v) is 4.61. The highest BCUT2D eigenvalue weighted by Gasteiger charge is 2.26. The number of carbonyl (C=O) groups excluding carboxylic acids is 3. The maximum absolute atomic E-state index is 11.8. The van der Waals surface area contributed by atoms with E-state index in [0.717, 1.165) is 0 Å². The van der Waals surface area contributed by atoms with Crippen molar-refractivity contribution >= 4 is 17.7 Å². The number of imide groups is 1. The van der Waals surface area contributed by atoms with Crippen LogP contribution in [0.3, 0.4) is 0 Å². The average molecular weight is 218 g/mol. The smallest absolute Gasteiger partial charge is 0.256 e. The Morgan fingerprint density at radius 3 is 2.62 bits per heavy atom. The molecule has 1 radical (unpaired) electrons. The molecule has 1 aromatic heterocycles. The summed E-state index contributed by atoms with van der Waals surface area (Å²) in [5, 5.41) is 2.12. The Hall–Kier alpha value is -2.24. The maximum atomic E-state index is 11.8. The molecule has 6 nitrogen and oxygen atoms in total. The number of amides is 3. The van der Waals surface area contributed by atoms with Crippen LogP contribution in [-0.4, -0.2) is 40.7 Å². The van der Waals surface area contributed by atoms with Gasteiger partial charge in [0.2, 0.25) is 11.8 Å². The minimum Gasteiger partial charge on any atom is -0.320 e. The molecule has 0 aromatic carbocycles. The van der Waals surface area contributed by atoms with Crippen molar-refractivity contribution in [2.45, 2.75) is 0 Å². The fourth-order valence-electron chi connectivity index (χ4n) is 1.41. The first-order valence-electron chi connectivity index (χ1n) is 4.61. The van der Waals surface area contributed by atoms with Crippen LogP contribution in [0.4, 0.5) is 0 Å². The van der Waals surface area contributed by atoms with E-state index in [1.165, 1.54) is 23.2 Å². The van der Waals surface area contributed by atoms with E-state index < -0.39 is 11.8 Å². The topological polar surface area (TPSA) is 79.4 Å².